The minimum atomic E-state index is -0.423. The first kappa shape index (κ1) is 17.0. The highest BCUT2D eigenvalue weighted by Crippen LogP contribution is 2.15. The van der Waals surface area contributed by atoms with Crippen molar-refractivity contribution in [2.45, 2.75) is 20.3 Å². The molecule has 0 unspecified atom stereocenters. The molecule has 7 heteroatoms. The monoisotopic (exact) mass is 312 g/mol. The van der Waals surface area contributed by atoms with Gasteiger partial charge in [-0.15, -0.1) is 0 Å². The lowest BCUT2D eigenvalue weighted by Gasteiger charge is -2.05. The maximum atomic E-state index is 11.5. The van der Waals surface area contributed by atoms with E-state index >= 15 is 0 Å². The molecular formula is C14H17ClN2O4. The van der Waals surface area contributed by atoms with Crippen LogP contribution in [-0.2, 0) is 14.3 Å². The molecule has 0 atom stereocenters. The van der Waals surface area contributed by atoms with E-state index in [0.717, 1.165) is 0 Å². The number of hydrazone groups is 1. The van der Waals surface area contributed by atoms with E-state index < -0.39 is 5.91 Å². The van der Waals surface area contributed by atoms with Gasteiger partial charge in [-0.2, -0.15) is 5.10 Å². The highest BCUT2D eigenvalue weighted by Gasteiger charge is 2.06. The number of hydrogen-bond acceptors (Lipinski definition) is 5. The van der Waals surface area contributed by atoms with Crippen LogP contribution in [0.15, 0.2) is 29.4 Å². The Bertz CT molecular complexity index is 514. The summed E-state index contributed by atoms with van der Waals surface area (Å²) in [7, 11) is 0. The zero-order valence-corrected chi connectivity index (χ0v) is 12.6. The fourth-order valence-corrected chi connectivity index (χ4v) is 1.46. The van der Waals surface area contributed by atoms with Crippen molar-refractivity contribution in [1.29, 1.82) is 0 Å². The van der Waals surface area contributed by atoms with Gasteiger partial charge in [-0.05, 0) is 38.1 Å². The van der Waals surface area contributed by atoms with Crippen LogP contribution in [-0.4, -0.2) is 30.8 Å². The molecule has 0 radical (unpaired) electrons. The molecule has 0 saturated carbocycles. The quantitative estimate of drug-likeness (QED) is 0.475. The number of nitrogens with zero attached hydrogens (tertiary/aromatic N) is 1. The first-order valence-electron chi connectivity index (χ1n) is 6.37. The van der Waals surface area contributed by atoms with Crippen molar-refractivity contribution < 1.29 is 19.1 Å². The van der Waals surface area contributed by atoms with E-state index in [-0.39, 0.29) is 19.0 Å². The topological polar surface area (TPSA) is 77.0 Å². The molecule has 1 aromatic carbocycles. The summed E-state index contributed by atoms with van der Waals surface area (Å²) in [5.41, 5.74) is 2.75. The number of rotatable bonds is 7. The van der Waals surface area contributed by atoms with Crippen molar-refractivity contribution in [3.05, 3.63) is 29.3 Å². The van der Waals surface area contributed by atoms with Crippen LogP contribution >= 0.6 is 11.6 Å². The number of carbonyl (C=O) groups is 2. The molecule has 0 aliphatic carbocycles. The maximum absolute atomic E-state index is 11.5. The van der Waals surface area contributed by atoms with Gasteiger partial charge in [0.1, 0.15) is 5.75 Å². The van der Waals surface area contributed by atoms with Gasteiger partial charge in [-0.25, -0.2) is 5.43 Å². The SMILES string of the molecule is CCOC(=O)C/C(C)=N\NC(=O)COc1ccc(Cl)cc1. The molecule has 21 heavy (non-hydrogen) atoms. The summed E-state index contributed by atoms with van der Waals surface area (Å²) in [5.74, 6) is -0.277. The van der Waals surface area contributed by atoms with Crippen LogP contribution in [0.2, 0.25) is 5.02 Å². The molecule has 114 valence electrons. The molecule has 1 amide bonds. The number of carbonyl (C=O) groups excluding carboxylic acids is 2. The molecule has 6 nitrogen and oxygen atoms in total. The predicted molar refractivity (Wildman–Crippen MR) is 79.4 cm³/mol. The second-order valence-corrected chi connectivity index (χ2v) is 4.54. The third-order valence-electron chi connectivity index (χ3n) is 2.26. The summed E-state index contributed by atoms with van der Waals surface area (Å²) in [6.45, 7) is 3.47. The third kappa shape index (κ3) is 7.31. The minimum absolute atomic E-state index is 0.0339. The maximum Gasteiger partial charge on any atom is 0.311 e. The molecule has 1 aromatic rings. The molecule has 0 heterocycles. The first-order valence-corrected chi connectivity index (χ1v) is 6.75. The summed E-state index contributed by atoms with van der Waals surface area (Å²) in [6, 6.07) is 6.64. The third-order valence-corrected chi connectivity index (χ3v) is 2.51. The van der Waals surface area contributed by atoms with E-state index in [4.69, 9.17) is 21.1 Å². The predicted octanol–water partition coefficient (Wildman–Crippen LogP) is 2.16. The molecule has 0 spiro atoms. The Hall–Kier alpha value is -2.08. The summed E-state index contributed by atoms with van der Waals surface area (Å²) >= 11 is 5.73. The number of nitrogens with one attached hydrogen (secondary N) is 1. The smallest absolute Gasteiger partial charge is 0.311 e. The van der Waals surface area contributed by atoms with E-state index in [1.807, 2.05) is 0 Å². The summed E-state index contributed by atoms with van der Waals surface area (Å²) in [5, 5.41) is 4.38. The van der Waals surface area contributed by atoms with Gasteiger partial charge >= 0.3 is 5.97 Å². The van der Waals surface area contributed by atoms with Crippen molar-refractivity contribution in [2.24, 2.45) is 5.10 Å². The van der Waals surface area contributed by atoms with Crippen LogP contribution in [0.5, 0.6) is 5.75 Å². The summed E-state index contributed by atoms with van der Waals surface area (Å²) in [4.78, 5) is 22.7. The molecular weight excluding hydrogens is 296 g/mol. The van der Waals surface area contributed by atoms with Gasteiger partial charge in [0.2, 0.25) is 0 Å². The Morgan fingerprint density at radius 1 is 1.29 bits per heavy atom. The van der Waals surface area contributed by atoms with Crippen LogP contribution in [0.1, 0.15) is 20.3 Å². The van der Waals surface area contributed by atoms with E-state index in [9.17, 15) is 9.59 Å². The van der Waals surface area contributed by atoms with Crippen molar-refractivity contribution in [1.82, 2.24) is 5.43 Å². The van der Waals surface area contributed by atoms with E-state index in [0.29, 0.717) is 23.1 Å². The van der Waals surface area contributed by atoms with Crippen molar-refractivity contribution in [3.8, 4) is 5.75 Å². The second-order valence-electron chi connectivity index (χ2n) is 4.11. The zero-order valence-electron chi connectivity index (χ0n) is 11.9. The van der Waals surface area contributed by atoms with Crippen molar-refractivity contribution >= 4 is 29.2 Å². The largest absolute Gasteiger partial charge is 0.484 e. The van der Waals surface area contributed by atoms with Crippen LogP contribution in [0.25, 0.3) is 0 Å². The molecule has 0 saturated heterocycles. The molecule has 1 N–H and O–H groups in total. The van der Waals surface area contributed by atoms with Crippen LogP contribution in [0, 0.1) is 0 Å². The first-order chi connectivity index (χ1) is 10.0. The number of halogens is 1. The number of amides is 1. The Morgan fingerprint density at radius 3 is 2.57 bits per heavy atom. The van der Waals surface area contributed by atoms with Crippen LogP contribution in [0.4, 0.5) is 0 Å². The number of hydrogen-bond donors (Lipinski definition) is 1. The van der Waals surface area contributed by atoms with Gasteiger partial charge in [0.25, 0.3) is 5.91 Å². The Morgan fingerprint density at radius 2 is 1.95 bits per heavy atom. The fraction of sp³-hybridized carbons (Fsp3) is 0.357. The van der Waals surface area contributed by atoms with Crippen molar-refractivity contribution in [3.63, 3.8) is 0 Å². The van der Waals surface area contributed by atoms with Gasteiger partial charge in [0, 0.05) is 10.7 Å². The highest BCUT2D eigenvalue weighted by molar-refractivity contribution is 6.30. The van der Waals surface area contributed by atoms with Gasteiger partial charge < -0.3 is 9.47 Å². The normalized spacial score (nSPS) is 10.9. The fourth-order valence-electron chi connectivity index (χ4n) is 1.33. The average molecular weight is 313 g/mol. The van der Waals surface area contributed by atoms with Gasteiger partial charge in [-0.1, -0.05) is 11.6 Å². The molecule has 1 rings (SSSR count). The molecule has 0 aromatic heterocycles. The lowest BCUT2D eigenvalue weighted by molar-refractivity contribution is -0.141. The zero-order chi connectivity index (χ0) is 15.7. The van der Waals surface area contributed by atoms with Crippen LogP contribution in [0.3, 0.4) is 0 Å². The van der Waals surface area contributed by atoms with Gasteiger partial charge in [0.05, 0.1) is 13.0 Å². The lowest BCUT2D eigenvalue weighted by atomic mass is 10.3. The Labute approximate surface area is 128 Å². The number of ether oxygens (including phenoxy) is 2. The molecule has 0 fully saturated rings. The van der Waals surface area contributed by atoms with Gasteiger partial charge in [-0.3, -0.25) is 9.59 Å². The number of esters is 1. The minimum Gasteiger partial charge on any atom is -0.484 e. The summed E-state index contributed by atoms with van der Waals surface area (Å²) in [6.07, 6.45) is 0.0339. The molecule has 0 aliphatic rings. The van der Waals surface area contributed by atoms with Crippen molar-refractivity contribution in [2.75, 3.05) is 13.2 Å². The van der Waals surface area contributed by atoms with E-state index in [1.54, 1.807) is 38.1 Å². The molecule has 0 bridgehead atoms. The number of benzene rings is 1. The standard InChI is InChI=1S/C14H17ClN2O4/c1-3-20-14(19)8-10(2)16-17-13(18)9-21-12-6-4-11(15)5-7-12/h4-7H,3,8-9H2,1-2H3,(H,17,18)/b16-10-. The second kappa shape index (κ2) is 8.97. The van der Waals surface area contributed by atoms with Crippen LogP contribution < -0.4 is 10.2 Å². The van der Waals surface area contributed by atoms with E-state index in [1.165, 1.54) is 0 Å². The molecule has 0 aliphatic heterocycles. The summed E-state index contributed by atoms with van der Waals surface area (Å²) < 4.78 is 10.0. The average Bonchev–Trinajstić information content (AvgIpc) is 2.44. The lowest BCUT2D eigenvalue weighted by Crippen LogP contribution is -2.26. The Kier molecular flexibility index (Phi) is 7.25. The van der Waals surface area contributed by atoms with E-state index in [2.05, 4.69) is 10.5 Å². The van der Waals surface area contributed by atoms with Gasteiger partial charge in [0.15, 0.2) is 6.61 Å². The Balaban J connectivity index is 2.33. The highest BCUT2D eigenvalue weighted by atomic mass is 35.5.